The van der Waals surface area contributed by atoms with Crippen molar-refractivity contribution in [3.63, 3.8) is 0 Å². The molecule has 3 heterocycles. The van der Waals surface area contributed by atoms with E-state index in [4.69, 9.17) is 9.47 Å². The minimum absolute atomic E-state index is 0.0495. The smallest absolute Gasteiger partial charge is 0.254 e. The Labute approximate surface area is 161 Å². The number of aromatic nitrogens is 1. The van der Waals surface area contributed by atoms with Crippen LogP contribution in [0.3, 0.4) is 0 Å². The number of fused-ring (bicyclic) bond motifs is 2. The van der Waals surface area contributed by atoms with E-state index in [1.54, 1.807) is 11.3 Å². The first kappa shape index (κ1) is 16.3. The molecule has 0 saturated heterocycles. The molecule has 0 unspecified atom stereocenters. The van der Waals surface area contributed by atoms with Crippen LogP contribution in [0.5, 0.6) is 11.5 Å². The molecule has 2 aliphatic rings. The molecule has 3 aromatic rings. The molecule has 6 heteroatoms. The largest absolute Gasteiger partial charge is 0.454 e. The molecule has 2 aliphatic heterocycles. The lowest BCUT2D eigenvalue weighted by Crippen LogP contribution is -2.35. The van der Waals surface area contributed by atoms with Gasteiger partial charge in [-0.25, -0.2) is 4.98 Å². The van der Waals surface area contributed by atoms with E-state index < -0.39 is 0 Å². The van der Waals surface area contributed by atoms with Crippen molar-refractivity contribution in [2.24, 2.45) is 0 Å². The minimum Gasteiger partial charge on any atom is -0.454 e. The lowest BCUT2D eigenvalue weighted by atomic mass is 9.98. The summed E-state index contributed by atoms with van der Waals surface area (Å²) >= 11 is 1.60. The molecular formula is C21H18N2O3S. The van der Waals surface area contributed by atoms with Crippen molar-refractivity contribution < 1.29 is 14.3 Å². The average molecular weight is 378 g/mol. The van der Waals surface area contributed by atoms with Crippen LogP contribution in [0, 0.1) is 6.92 Å². The monoisotopic (exact) mass is 378 g/mol. The number of aryl methyl sites for hydroxylation is 1. The highest BCUT2D eigenvalue weighted by Gasteiger charge is 2.25. The Balaban J connectivity index is 1.40. The van der Waals surface area contributed by atoms with Crippen molar-refractivity contribution in [3.05, 3.63) is 64.2 Å². The van der Waals surface area contributed by atoms with Gasteiger partial charge in [0.2, 0.25) is 6.79 Å². The lowest BCUT2D eigenvalue weighted by Gasteiger charge is -2.29. The Hall–Kier alpha value is -2.86. The summed E-state index contributed by atoms with van der Waals surface area (Å²) in [7, 11) is 0. The number of hydrogen-bond donors (Lipinski definition) is 0. The van der Waals surface area contributed by atoms with Gasteiger partial charge in [0.25, 0.3) is 5.91 Å². The van der Waals surface area contributed by atoms with Gasteiger partial charge in [0, 0.05) is 35.3 Å². The van der Waals surface area contributed by atoms with Crippen molar-refractivity contribution in [2.75, 3.05) is 13.3 Å². The summed E-state index contributed by atoms with van der Waals surface area (Å²) in [5.41, 5.74) is 5.04. The van der Waals surface area contributed by atoms with E-state index in [-0.39, 0.29) is 12.7 Å². The highest BCUT2D eigenvalue weighted by Crippen LogP contribution is 2.37. The van der Waals surface area contributed by atoms with Crippen LogP contribution < -0.4 is 9.47 Å². The first-order valence-corrected chi connectivity index (χ1v) is 9.78. The van der Waals surface area contributed by atoms with Gasteiger partial charge in [-0.1, -0.05) is 12.1 Å². The number of thiazole rings is 1. The molecule has 0 N–H and O–H groups in total. The number of carbonyl (C=O) groups is 1. The summed E-state index contributed by atoms with van der Waals surface area (Å²) in [6, 6.07) is 11.8. The highest BCUT2D eigenvalue weighted by atomic mass is 32.1. The second kappa shape index (κ2) is 6.39. The van der Waals surface area contributed by atoms with Gasteiger partial charge in [-0.15, -0.1) is 11.3 Å². The maximum Gasteiger partial charge on any atom is 0.254 e. The van der Waals surface area contributed by atoms with Crippen LogP contribution in [-0.2, 0) is 13.0 Å². The Morgan fingerprint density at radius 3 is 2.74 bits per heavy atom. The number of nitrogens with zero attached hydrogens (tertiary/aromatic N) is 2. The summed E-state index contributed by atoms with van der Waals surface area (Å²) in [6.07, 6.45) is 0.822. The average Bonchev–Trinajstić information content (AvgIpc) is 3.33. The minimum atomic E-state index is 0.0495. The van der Waals surface area contributed by atoms with E-state index in [0.717, 1.165) is 39.7 Å². The summed E-state index contributed by atoms with van der Waals surface area (Å²) in [5, 5.41) is 2.97. The lowest BCUT2D eigenvalue weighted by molar-refractivity contribution is 0.0734. The number of rotatable bonds is 2. The molecule has 0 atom stereocenters. The van der Waals surface area contributed by atoms with Crippen LogP contribution in [0.15, 0.2) is 41.8 Å². The Kier molecular flexibility index (Phi) is 3.86. The number of ether oxygens (including phenoxy) is 2. The molecule has 0 radical (unpaired) electrons. The molecule has 0 saturated carbocycles. The van der Waals surface area contributed by atoms with Gasteiger partial charge in [0.15, 0.2) is 11.5 Å². The van der Waals surface area contributed by atoms with Crippen LogP contribution >= 0.6 is 11.3 Å². The summed E-state index contributed by atoms with van der Waals surface area (Å²) < 4.78 is 10.9. The standard InChI is InChI=1S/C21H18N2O3S/c1-13-11-27-20(22-13)15-3-2-4-16(7-15)21(24)23-6-5-14-8-18-19(26-12-25-18)9-17(14)10-23/h2-4,7-9,11H,5-6,10,12H2,1H3. The van der Waals surface area contributed by atoms with E-state index in [1.807, 2.05) is 53.6 Å². The molecule has 0 aliphatic carbocycles. The molecule has 0 fully saturated rings. The Morgan fingerprint density at radius 1 is 1.15 bits per heavy atom. The maximum atomic E-state index is 13.1. The molecule has 0 spiro atoms. The molecule has 2 aromatic carbocycles. The Morgan fingerprint density at radius 2 is 1.96 bits per heavy atom. The summed E-state index contributed by atoms with van der Waals surface area (Å²) in [5.74, 6) is 1.62. The topological polar surface area (TPSA) is 51.7 Å². The molecule has 1 aromatic heterocycles. The van der Waals surface area contributed by atoms with E-state index in [9.17, 15) is 4.79 Å². The van der Waals surface area contributed by atoms with E-state index in [1.165, 1.54) is 5.56 Å². The zero-order valence-electron chi connectivity index (χ0n) is 14.9. The highest BCUT2D eigenvalue weighted by molar-refractivity contribution is 7.13. The number of amides is 1. The van der Waals surface area contributed by atoms with Gasteiger partial charge in [0.05, 0.1) is 0 Å². The van der Waals surface area contributed by atoms with Crippen LogP contribution in [-0.4, -0.2) is 29.1 Å². The first-order chi connectivity index (χ1) is 13.2. The van der Waals surface area contributed by atoms with Gasteiger partial charge in [-0.05, 0) is 48.7 Å². The van der Waals surface area contributed by atoms with Gasteiger partial charge in [0.1, 0.15) is 5.01 Å². The van der Waals surface area contributed by atoms with Crippen LogP contribution in [0.4, 0.5) is 0 Å². The fourth-order valence-corrected chi connectivity index (χ4v) is 4.37. The van der Waals surface area contributed by atoms with Crippen LogP contribution in [0.2, 0.25) is 0 Å². The summed E-state index contributed by atoms with van der Waals surface area (Å²) in [6.45, 7) is 3.53. The predicted molar refractivity (Wildman–Crippen MR) is 103 cm³/mol. The first-order valence-electron chi connectivity index (χ1n) is 8.90. The van der Waals surface area contributed by atoms with E-state index in [0.29, 0.717) is 18.7 Å². The zero-order chi connectivity index (χ0) is 18.4. The molecule has 0 bridgehead atoms. The molecular weight excluding hydrogens is 360 g/mol. The maximum absolute atomic E-state index is 13.1. The fraction of sp³-hybridized carbons (Fsp3) is 0.238. The third-order valence-corrected chi connectivity index (χ3v) is 5.98. The third-order valence-electron chi connectivity index (χ3n) is 4.97. The van der Waals surface area contributed by atoms with Crippen LogP contribution in [0.25, 0.3) is 10.6 Å². The van der Waals surface area contributed by atoms with Gasteiger partial charge < -0.3 is 14.4 Å². The zero-order valence-corrected chi connectivity index (χ0v) is 15.7. The van der Waals surface area contributed by atoms with Crippen molar-refractivity contribution in [1.82, 2.24) is 9.88 Å². The number of hydrogen-bond acceptors (Lipinski definition) is 5. The number of carbonyl (C=O) groups excluding carboxylic acids is 1. The third kappa shape index (κ3) is 2.96. The van der Waals surface area contributed by atoms with Crippen LogP contribution in [0.1, 0.15) is 27.2 Å². The fourth-order valence-electron chi connectivity index (χ4n) is 3.57. The second-order valence-electron chi connectivity index (χ2n) is 6.83. The normalized spacial score (nSPS) is 14.9. The van der Waals surface area contributed by atoms with Gasteiger partial charge >= 0.3 is 0 Å². The van der Waals surface area contributed by atoms with E-state index >= 15 is 0 Å². The van der Waals surface area contributed by atoms with Crippen molar-refractivity contribution in [1.29, 1.82) is 0 Å². The van der Waals surface area contributed by atoms with Gasteiger partial charge in [-0.2, -0.15) is 0 Å². The van der Waals surface area contributed by atoms with Crippen molar-refractivity contribution in [3.8, 4) is 22.1 Å². The van der Waals surface area contributed by atoms with Crippen molar-refractivity contribution in [2.45, 2.75) is 19.9 Å². The molecule has 5 nitrogen and oxygen atoms in total. The number of benzene rings is 2. The van der Waals surface area contributed by atoms with Crippen molar-refractivity contribution >= 4 is 17.2 Å². The quantitative estimate of drug-likeness (QED) is 0.675. The van der Waals surface area contributed by atoms with E-state index in [2.05, 4.69) is 4.98 Å². The molecule has 5 rings (SSSR count). The predicted octanol–water partition coefficient (Wildman–Crippen LogP) is 4.05. The summed E-state index contributed by atoms with van der Waals surface area (Å²) in [4.78, 5) is 19.5. The molecule has 27 heavy (non-hydrogen) atoms. The SMILES string of the molecule is Cc1csc(-c2cccc(C(=O)N3CCc4cc5c(cc4C3)OCO5)c2)n1. The molecule has 136 valence electrons. The molecule has 1 amide bonds. The second-order valence-corrected chi connectivity index (χ2v) is 7.68. The Bertz CT molecular complexity index is 1040. The van der Waals surface area contributed by atoms with Gasteiger partial charge in [-0.3, -0.25) is 4.79 Å².